The van der Waals surface area contributed by atoms with Gasteiger partial charge in [-0.05, 0) is 0 Å². The molecule has 0 aliphatic rings. The van der Waals surface area contributed by atoms with E-state index in [4.69, 9.17) is 12.2 Å². The Bertz CT molecular complexity index is 371. The molecule has 0 saturated carbocycles. The van der Waals surface area contributed by atoms with E-state index in [0.717, 1.165) is 0 Å². The topological polar surface area (TPSA) is 101 Å². The van der Waals surface area contributed by atoms with Gasteiger partial charge in [-0.3, -0.25) is 0 Å². The highest BCUT2D eigenvalue weighted by atomic mass is 15.3. The maximum Gasteiger partial charge on any atom is 0.230 e. The quantitative estimate of drug-likeness (QED) is 0.472. The van der Waals surface area contributed by atoms with Crippen LogP contribution in [0.1, 0.15) is 0 Å². The number of hydrogen-bond acceptors (Lipinski definition) is 7. The van der Waals surface area contributed by atoms with Crippen LogP contribution in [-0.4, -0.2) is 41.6 Å². The third-order valence-electron chi connectivity index (χ3n) is 1.64. The van der Waals surface area contributed by atoms with Gasteiger partial charge in [0.25, 0.3) is 0 Å². The predicted octanol–water partition coefficient (Wildman–Crippen LogP) is -0.671. The van der Waals surface area contributed by atoms with Gasteiger partial charge in [0, 0.05) is 20.1 Å². The third-order valence-corrected chi connectivity index (χ3v) is 1.64. The Morgan fingerprint density at radius 3 is 2.38 bits per heavy atom. The van der Waals surface area contributed by atoms with Gasteiger partial charge in [0.15, 0.2) is 0 Å². The molecule has 0 unspecified atom stereocenters. The molecule has 1 heterocycles. The van der Waals surface area contributed by atoms with Crippen LogP contribution in [0.4, 0.5) is 17.8 Å². The molecule has 0 fully saturated rings. The standard InChI is InChI=1S/C9H15N7/c1-3-5-12-8-14-7(11-2)15-9(16-8)13-6-4-10/h1H,4-6,10H2,2H3,(H3,11,12,13,14,15,16). The van der Waals surface area contributed by atoms with Gasteiger partial charge in [0.1, 0.15) is 0 Å². The summed E-state index contributed by atoms with van der Waals surface area (Å²) in [5.41, 5.74) is 5.37. The van der Waals surface area contributed by atoms with Crippen LogP contribution < -0.4 is 21.7 Å². The third kappa shape index (κ3) is 3.59. The van der Waals surface area contributed by atoms with Gasteiger partial charge in [-0.2, -0.15) is 15.0 Å². The van der Waals surface area contributed by atoms with Gasteiger partial charge in [0.2, 0.25) is 17.8 Å². The van der Waals surface area contributed by atoms with Crippen molar-refractivity contribution in [1.29, 1.82) is 0 Å². The molecule has 86 valence electrons. The zero-order chi connectivity index (χ0) is 11.8. The van der Waals surface area contributed by atoms with Crippen molar-refractivity contribution in [3.63, 3.8) is 0 Å². The minimum absolute atomic E-state index is 0.365. The SMILES string of the molecule is C#CCNc1nc(NC)nc(NCCN)n1. The van der Waals surface area contributed by atoms with Crippen LogP contribution in [-0.2, 0) is 0 Å². The van der Waals surface area contributed by atoms with E-state index in [0.29, 0.717) is 37.5 Å². The van der Waals surface area contributed by atoms with E-state index in [1.807, 2.05) is 0 Å². The average molecular weight is 221 g/mol. The number of anilines is 3. The summed E-state index contributed by atoms with van der Waals surface area (Å²) in [6.07, 6.45) is 5.13. The minimum Gasteiger partial charge on any atom is -0.357 e. The van der Waals surface area contributed by atoms with Crippen molar-refractivity contribution in [3.05, 3.63) is 0 Å². The summed E-state index contributed by atoms with van der Waals surface area (Å²) < 4.78 is 0. The molecule has 0 radical (unpaired) electrons. The fourth-order valence-electron chi connectivity index (χ4n) is 0.960. The molecule has 5 N–H and O–H groups in total. The molecule has 0 aliphatic heterocycles. The first-order valence-corrected chi connectivity index (χ1v) is 4.85. The van der Waals surface area contributed by atoms with Crippen LogP contribution in [0.5, 0.6) is 0 Å². The second-order valence-corrected chi connectivity index (χ2v) is 2.83. The van der Waals surface area contributed by atoms with Crippen molar-refractivity contribution in [1.82, 2.24) is 15.0 Å². The number of hydrogen-bond donors (Lipinski definition) is 4. The average Bonchev–Trinajstić information content (AvgIpc) is 2.33. The Kier molecular flexibility index (Phi) is 4.82. The van der Waals surface area contributed by atoms with Gasteiger partial charge >= 0.3 is 0 Å². The molecule has 0 atom stereocenters. The maximum atomic E-state index is 5.37. The highest BCUT2D eigenvalue weighted by Gasteiger charge is 2.03. The molecule has 0 saturated heterocycles. The molecule has 1 rings (SSSR count). The van der Waals surface area contributed by atoms with Gasteiger partial charge in [-0.15, -0.1) is 6.42 Å². The Hall–Kier alpha value is -2.07. The van der Waals surface area contributed by atoms with Crippen LogP contribution in [0.2, 0.25) is 0 Å². The number of nitrogens with two attached hydrogens (primary N) is 1. The number of nitrogens with zero attached hydrogens (tertiary/aromatic N) is 3. The molecule has 7 heteroatoms. The first-order valence-electron chi connectivity index (χ1n) is 4.85. The number of nitrogens with one attached hydrogen (secondary N) is 3. The van der Waals surface area contributed by atoms with Crippen molar-refractivity contribution in [2.45, 2.75) is 0 Å². The molecule has 16 heavy (non-hydrogen) atoms. The smallest absolute Gasteiger partial charge is 0.230 e. The Morgan fingerprint density at radius 1 is 1.19 bits per heavy atom. The van der Waals surface area contributed by atoms with Crippen LogP contribution in [0.3, 0.4) is 0 Å². The van der Waals surface area contributed by atoms with Gasteiger partial charge in [-0.1, -0.05) is 5.92 Å². The Balaban J connectivity index is 2.79. The van der Waals surface area contributed by atoms with Crippen molar-refractivity contribution >= 4 is 17.8 Å². The summed E-state index contributed by atoms with van der Waals surface area (Å²) >= 11 is 0. The zero-order valence-electron chi connectivity index (χ0n) is 9.12. The molecule has 7 nitrogen and oxygen atoms in total. The highest BCUT2D eigenvalue weighted by molar-refractivity contribution is 5.42. The first kappa shape index (κ1) is 12.0. The van der Waals surface area contributed by atoms with Crippen LogP contribution >= 0.6 is 0 Å². The Labute approximate surface area is 94.3 Å². The lowest BCUT2D eigenvalue weighted by Crippen LogP contribution is -2.16. The molecule has 0 amide bonds. The second-order valence-electron chi connectivity index (χ2n) is 2.83. The van der Waals surface area contributed by atoms with Gasteiger partial charge in [-0.25, -0.2) is 0 Å². The van der Waals surface area contributed by atoms with Crippen molar-refractivity contribution < 1.29 is 0 Å². The number of rotatable bonds is 6. The van der Waals surface area contributed by atoms with Crippen molar-refractivity contribution in [2.75, 3.05) is 42.6 Å². The predicted molar refractivity (Wildman–Crippen MR) is 64.2 cm³/mol. The molecular weight excluding hydrogens is 206 g/mol. The minimum atomic E-state index is 0.365. The first-order chi connectivity index (χ1) is 7.80. The van der Waals surface area contributed by atoms with Crippen LogP contribution in [0.25, 0.3) is 0 Å². The largest absolute Gasteiger partial charge is 0.357 e. The summed E-state index contributed by atoms with van der Waals surface area (Å²) in [5.74, 6) is 3.80. The highest BCUT2D eigenvalue weighted by Crippen LogP contribution is 2.07. The molecular formula is C9H15N7. The summed E-state index contributed by atoms with van der Waals surface area (Å²) in [6, 6.07) is 0. The van der Waals surface area contributed by atoms with E-state index in [2.05, 4.69) is 36.8 Å². The summed E-state index contributed by atoms with van der Waals surface area (Å²) in [7, 11) is 1.73. The lowest BCUT2D eigenvalue weighted by molar-refractivity contribution is 0.967. The molecule has 0 bridgehead atoms. The lowest BCUT2D eigenvalue weighted by Gasteiger charge is -2.07. The molecule has 0 aromatic carbocycles. The van der Waals surface area contributed by atoms with Gasteiger partial charge < -0.3 is 21.7 Å². The fraction of sp³-hybridized carbons (Fsp3) is 0.444. The van der Waals surface area contributed by atoms with E-state index in [-0.39, 0.29) is 0 Å². The van der Waals surface area contributed by atoms with Crippen molar-refractivity contribution in [2.24, 2.45) is 5.73 Å². The summed E-state index contributed by atoms with van der Waals surface area (Å²) in [4.78, 5) is 12.3. The van der Waals surface area contributed by atoms with Crippen LogP contribution in [0, 0.1) is 12.3 Å². The van der Waals surface area contributed by atoms with E-state index in [1.54, 1.807) is 7.05 Å². The molecule has 1 aromatic rings. The Morgan fingerprint density at radius 2 is 1.81 bits per heavy atom. The van der Waals surface area contributed by atoms with Gasteiger partial charge in [0.05, 0.1) is 6.54 Å². The normalized spacial score (nSPS) is 9.31. The van der Waals surface area contributed by atoms with E-state index in [9.17, 15) is 0 Å². The van der Waals surface area contributed by atoms with E-state index < -0.39 is 0 Å². The number of aromatic nitrogens is 3. The fourth-order valence-corrected chi connectivity index (χ4v) is 0.960. The lowest BCUT2D eigenvalue weighted by atomic mass is 10.6. The van der Waals surface area contributed by atoms with Crippen molar-refractivity contribution in [3.8, 4) is 12.3 Å². The number of terminal acetylenes is 1. The van der Waals surface area contributed by atoms with E-state index >= 15 is 0 Å². The summed E-state index contributed by atoms with van der Waals surface area (Å²) in [6.45, 7) is 1.47. The van der Waals surface area contributed by atoms with Crippen LogP contribution in [0.15, 0.2) is 0 Å². The second kappa shape index (κ2) is 6.42. The zero-order valence-corrected chi connectivity index (χ0v) is 9.12. The molecule has 1 aromatic heterocycles. The monoisotopic (exact) mass is 221 g/mol. The molecule has 0 aliphatic carbocycles. The maximum absolute atomic E-state index is 5.37. The molecule has 0 spiro atoms. The summed E-state index contributed by atoms with van der Waals surface area (Å²) in [5, 5.41) is 8.68. The van der Waals surface area contributed by atoms with E-state index in [1.165, 1.54) is 0 Å².